The lowest BCUT2D eigenvalue weighted by molar-refractivity contribution is 0.0890. The van der Waals surface area contributed by atoms with Crippen LogP contribution in [0.5, 0.6) is 11.5 Å². The Morgan fingerprint density at radius 3 is 2.35 bits per heavy atom. The third-order valence-electron chi connectivity index (χ3n) is 3.32. The summed E-state index contributed by atoms with van der Waals surface area (Å²) in [5, 5.41) is 9.86. The van der Waals surface area contributed by atoms with Crippen LogP contribution in [0.15, 0.2) is 42.5 Å². The summed E-state index contributed by atoms with van der Waals surface area (Å²) in [4.78, 5) is 24.7. The lowest BCUT2D eigenvalue weighted by atomic mass is 9.99. The lowest BCUT2D eigenvalue weighted by Gasteiger charge is -2.13. The van der Waals surface area contributed by atoms with Gasteiger partial charge in [0.05, 0.1) is 23.7 Å². The molecule has 23 heavy (non-hydrogen) atoms. The minimum absolute atomic E-state index is 0.0687. The molecule has 0 unspecified atom stereocenters. The van der Waals surface area contributed by atoms with Crippen molar-refractivity contribution in [2.45, 2.75) is 33.3 Å². The number of Topliss-reactive ketones (excluding diaryl/α,β-unsaturated/α-hetero) is 2. The number of para-hydroxylation sites is 1. The number of aromatic hydroxyl groups is 1. The highest BCUT2D eigenvalue weighted by Gasteiger charge is 2.19. The molecule has 0 bridgehead atoms. The molecular formula is C19H20O4. The molecular weight excluding hydrogens is 292 g/mol. The molecule has 0 aliphatic heterocycles. The van der Waals surface area contributed by atoms with Gasteiger partial charge in [0.15, 0.2) is 11.6 Å². The van der Waals surface area contributed by atoms with Crippen molar-refractivity contribution in [1.29, 1.82) is 0 Å². The van der Waals surface area contributed by atoms with Crippen molar-refractivity contribution in [1.82, 2.24) is 0 Å². The van der Waals surface area contributed by atoms with E-state index in [0.717, 1.165) is 5.56 Å². The predicted molar refractivity (Wildman–Crippen MR) is 88.3 cm³/mol. The summed E-state index contributed by atoms with van der Waals surface area (Å²) in [6, 6.07) is 11.6. The highest BCUT2D eigenvalue weighted by atomic mass is 16.5. The van der Waals surface area contributed by atoms with Crippen molar-refractivity contribution in [3.8, 4) is 11.5 Å². The van der Waals surface area contributed by atoms with Crippen LogP contribution in [0.4, 0.5) is 0 Å². The number of aryl methyl sites for hydroxylation is 1. The van der Waals surface area contributed by atoms with Crippen molar-refractivity contribution in [2.24, 2.45) is 0 Å². The molecule has 2 aromatic rings. The van der Waals surface area contributed by atoms with Gasteiger partial charge >= 0.3 is 0 Å². The Morgan fingerprint density at radius 2 is 1.70 bits per heavy atom. The molecule has 0 spiro atoms. The Labute approximate surface area is 135 Å². The van der Waals surface area contributed by atoms with Gasteiger partial charge in [0.25, 0.3) is 0 Å². The van der Waals surface area contributed by atoms with Gasteiger partial charge in [0.2, 0.25) is 0 Å². The van der Waals surface area contributed by atoms with Gasteiger partial charge in [-0.25, -0.2) is 0 Å². The van der Waals surface area contributed by atoms with Crippen LogP contribution >= 0.6 is 0 Å². The minimum atomic E-state index is -0.410. The molecule has 4 nitrogen and oxygen atoms in total. The number of carbonyl (C=O) groups excluding carboxylic acids is 2. The molecule has 0 amide bonds. The van der Waals surface area contributed by atoms with Crippen molar-refractivity contribution < 1.29 is 19.4 Å². The number of hydrogen-bond acceptors (Lipinski definition) is 4. The molecule has 0 saturated heterocycles. The number of carbonyl (C=O) groups is 2. The summed E-state index contributed by atoms with van der Waals surface area (Å²) in [6.45, 7) is 5.56. The fourth-order valence-corrected chi connectivity index (χ4v) is 2.27. The van der Waals surface area contributed by atoms with Crippen LogP contribution in [0, 0.1) is 6.92 Å². The summed E-state index contributed by atoms with van der Waals surface area (Å²) < 4.78 is 5.61. The molecule has 0 atom stereocenters. The summed E-state index contributed by atoms with van der Waals surface area (Å²) in [5.41, 5.74) is 1.38. The first-order valence-electron chi connectivity index (χ1n) is 7.50. The van der Waals surface area contributed by atoms with Crippen LogP contribution in [0.25, 0.3) is 0 Å². The average Bonchev–Trinajstić information content (AvgIpc) is 2.46. The first-order valence-corrected chi connectivity index (χ1v) is 7.50. The van der Waals surface area contributed by atoms with Gasteiger partial charge in [-0.15, -0.1) is 0 Å². The summed E-state index contributed by atoms with van der Waals surface area (Å²) in [5.74, 6) is -0.374. The second kappa shape index (κ2) is 7.09. The molecule has 2 rings (SSSR count). The number of hydrogen-bond donors (Lipinski definition) is 1. The maximum Gasteiger partial charge on any atom is 0.174 e. The second-order valence-corrected chi connectivity index (χ2v) is 5.71. The summed E-state index contributed by atoms with van der Waals surface area (Å²) in [7, 11) is 0. The summed E-state index contributed by atoms with van der Waals surface area (Å²) >= 11 is 0. The zero-order chi connectivity index (χ0) is 17.0. The normalized spacial score (nSPS) is 10.6. The third-order valence-corrected chi connectivity index (χ3v) is 3.32. The van der Waals surface area contributed by atoms with E-state index in [1.54, 1.807) is 30.3 Å². The second-order valence-electron chi connectivity index (χ2n) is 5.71. The van der Waals surface area contributed by atoms with E-state index in [1.807, 2.05) is 20.8 Å². The fourth-order valence-electron chi connectivity index (χ4n) is 2.27. The average molecular weight is 312 g/mol. The Morgan fingerprint density at radius 1 is 1.04 bits per heavy atom. The molecule has 2 aromatic carbocycles. The SMILES string of the molecule is Cc1ccc(C(=O)CC(=O)c2ccccc2OC(C)C)c(O)c1. The first-order chi connectivity index (χ1) is 10.9. The van der Waals surface area contributed by atoms with Crippen LogP contribution < -0.4 is 4.74 Å². The highest BCUT2D eigenvalue weighted by molar-refractivity contribution is 6.15. The smallest absolute Gasteiger partial charge is 0.174 e. The van der Waals surface area contributed by atoms with Crippen molar-refractivity contribution in [3.63, 3.8) is 0 Å². The Hall–Kier alpha value is -2.62. The number of ketones is 2. The van der Waals surface area contributed by atoms with Gasteiger partial charge in [-0.3, -0.25) is 9.59 Å². The van der Waals surface area contributed by atoms with E-state index in [-0.39, 0.29) is 29.6 Å². The van der Waals surface area contributed by atoms with Crippen LogP contribution in [0.2, 0.25) is 0 Å². The van der Waals surface area contributed by atoms with E-state index in [1.165, 1.54) is 12.1 Å². The van der Waals surface area contributed by atoms with Crippen molar-refractivity contribution in [2.75, 3.05) is 0 Å². The molecule has 4 heteroatoms. The monoisotopic (exact) mass is 312 g/mol. The topological polar surface area (TPSA) is 63.6 Å². The molecule has 0 aliphatic carbocycles. The molecule has 0 aromatic heterocycles. The molecule has 1 N–H and O–H groups in total. The molecule has 0 aliphatic rings. The van der Waals surface area contributed by atoms with E-state index >= 15 is 0 Å². The Bertz CT molecular complexity index is 732. The molecule has 0 fully saturated rings. The summed E-state index contributed by atoms with van der Waals surface area (Å²) in [6.07, 6.45) is -0.379. The van der Waals surface area contributed by atoms with Crippen LogP contribution in [0.3, 0.4) is 0 Å². The third kappa shape index (κ3) is 4.19. The largest absolute Gasteiger partial charge is 0.507 e. The van der Waals surface area contributed by atoms with Crippen molar-refractivity contribution >= 4 is 11.6 Å². The number of phenolic OH excluding ortho intramolecular Hbond substituents is 1. The predicted octanol–water partition coefficient (Wildman–Crippen LogP) is 3.94. The van der Waals surface area contributed by atoms with E-state index in [9.17, 15) is 14.7 Å². The highest BCUT2D eigenvalue weighted by Crippen LogP contribution is 2.24. The molecule has 0 radical (unpaired) electrons. The van der Waals surface area contributed by atoms with Crippen LogP contribution in [-0.4, -0.2) is 22.8 Å². The standard InChI is InChI=1S/C19H20O4/c1-12(2)23-19-7-5-4-6-15(19)18(22)11-17(21)14-9-8-13(3)10-16(14)20/h4-10,12,20H,11H2,1-3H3. The van der Waals surface area contributed by atoms with Crippen LogP contribution in [-0.2, 0) is 0 Å². The zero-order valence-corrected chi connectivity index (χ0v) is 13.5. The van der Waals surface area contributed by atoms with Gasteiger partial charge in [0, 0.05) is 0 Å². The van der Waals surface area contributed by atoms with Gasteiger partial charge in [-0.05, 0) is 50.6 Å². The molecule has 0 heterocycles. The first kappa shape index (κ1) is 16.7. The maximum absolute atomic E-state index is 12.4. The van der Waals surface area contributed by atoms with Crippen LogP contribution in [0.1, 0.15) is 46.5 Å². The minimum Gasteiger partial charge on any atom is -0.507 e. The quantitative estimate of drug-likeness (QED) is 0.648. The van der Waals surface area contributed by atoms with Gasteiger partial charge in [0.1, 0.15) is 11.5 Å². The van der Waals surface area contributed by atoms with Crippen molar-refractivity contribution in [3.05, 3.63) is 59.2 Å². The molecule has 0 saturated carbocycles. The maximum atomic E-state index is 12.4. The number of benzene rings is 2. The number of phenols is 1. The van der Waals surface area contributed by atoms with Gasteiger partial charge in [-0.1, -0.05) is 18.2 Å². The number of rotatable bonds is 6. The number of ether oxygens (including phenoxy) is 1. The van der Waals surface area contributed by atoms with E-state index < -0.39 is 5.78 Å². The van der Waals surface area contributed by atoms with Gasteiger partial charge < -0.3 is 9.84 Å². The Kier molecular flexibility index (Phi) is 5.16. The zero-order valence-electron chi connectivity index (χ0n) is 13.5. The fraction of sp³-hybridized carbons (Fsp3) is 0.263. The Balaban J connectivity index is 2.20. The lowest BCUT2D eigenvalue weighted by Crippen LogP contribution is -2.13. The van der Waals surface area contributed by atoms with E-state index in [4.69, 9.17) is 4.74 Å². The van der Waals surface area contributed by atoms with E-state index in [0.29, 0.717) is 11.3 Å². The van der Waals surface area contributed by atoms with E-state index in [2.05, 4.69) is 0 Å². The van der Waals surface area contributed by atoms with Gasteiger partial charge in [-0.2, -0.15) is 0 Å². The molecule has 120 valence electrons.